The van der Waals surface area contributed by atoms with Crippen molar-refractivity contribution in [3.63, 3.8) is 0 Å². The maximum Gasteiger partial charge on any atom is 0.0853 e. The number of hydrogen-bond acceptors (Lipinski definition) is 1. The van der Waals surface area contributed by atoms with Crippen LogP contribution < -0.4 is 0 Å². The fourth-order valence-electron chi connectivity index (χ4n) is 3.54. The third-order valence-electron chi connectivity index (χ3n) is 4.29. The summed E-state index contributed by atoms with van der Waals surface area (Å²) >= 11 is 0. The zero-order chi connectivity index (χ0) is 23.8. The Balaban J connectivity index is 0. The summed E-state index contributed by atoms with van der Waals surface area (Å²) in [6, 6.07) is 21.3. The zero-order valence-electron chi connectivity index (χ0n) is 21.9. The van der Waals surface area contributed by atoms with E-state index in [0.717, 1.165) is 6.42 Å². The molecular weight excluding hydrogens is 364 g/mol. The van der Waals surface area contributed by atoms with Crippen LogP contribution in [0.25, 0.3) is 5.57 Å². The second kappa shape index (κ2) is 15.9. The average molecular weight is 413 g/mol. The Kier molecular flexibility index (Phi) is 16.1. The molecule has 1 saturated heterocycles. The van der Waals surface area contributed by atoms with Crippen molar-refractivity contribution in [2.75, 3.05) is 0 Å². The van der Waals surface area contributed by atoms with Crippen LogP contribution in [0.15, 0.2) is 66.2 Å². The summed E-state index contributed by atoms with van der Waals surface area (Å²) in [4.78, 5) is 0. The van der Waals surface area contributed by atoms with Crippen molar-refractivity contribution in [1.29, 1.82) is 0 Å². The van der Waals surface area contributed by atoms with Gasteiger partial charge < -0.3 is 4.74 Å². The highest BCUT2D eigenvalue weighted by molar-refractivity contribution is 5.83. The molecule has 0 radical (unpaired) electrons. The molecule has 0 aromatic heterocycles. The first-order chi connectivity index (χ1) is 14.4. The van der Waals surface area contributed by atoms with E-state index < -0.39 is 0 Å². The SMILES string of the molecule is CC.CC.CC.CC.CC1(C)CC(=C(c2ccccc2)c2ccccc2)C(C)(C)O1. The zero-order valence-corrected chi connectivity index (χ0v) is 21.9. The fraction of sp³-hybridized carbons (Fsp3) is 0.517. The maximum absolute atomic E-state index is 6.31. The van der Waals surface area contributed by atoms with Crippen molar-refractivity contribution in [3.05, 3.63) is 77.4 Å². The molecule has 1 fully saturated rings. The Bertz CT molecular complexity index is 637. The second-order valence-electron chi connectivity index (χ2n) is 7.13. The third-order valence-corrected chi connectivity index (χ3v) is 4.29. The van der Waals surface area contributed by atoms with Crippen LogP contribution in [0.4, 0.5) is 0 Å². The van der Waals surface area contributed by atoms with Crippen LogP contribution in [0, 0.1) is 0 Å². The van der Waals surface area contributed by atoms with E-state index in [-0.39, 0.29) is 11.2 Å². The minimum Gasteiger partial charge on any atom is -0.365 e. The highest BCUT2D eigenvalue weighted by atomic mass is 16.5. The standard InChI is InChI=1S/C21H24O.4C2H6/c1-20(2)15-18(21(3,4)22-20)19(16-11-7-5-8-12-16)17-13-9-6-10-14-17;4*1-2/h5-14H,15H2,1-4H3;4*1-2H3. The van der Waals surface area contributed by atoms with Gasteiger partial charge >= 0.3 is 0 Å². The number of ether oxygens (including phenoxy) is 1. The van der Waals surface area contributed by atoms with Crippen LogP contribution in [0.5, 0.6) is 0 Å². The van der Waals surface area contributed by atoms with Gasteiger partial charge in [-0.05, 0) is 50.0 Å². The minimum atomic E-state index is -0.246. The lowest BCUT2D eigenvalue weighted by Gasteiger charge is -2.25. The van der Waals surface area contributed by atoms with Crippen molar-refractivity contribution in [2.24, 2.45) is 0 Å². The third kappa shape index (κ3) is 8.88. The Morgan fingerprint density at radius 1 is 0.600 bits per heavy atom. The molecule has 2 aromatic rings. The highest BCUT2D eigenvalue weighted by Crippen LogP contribution is 2.46. The molecule has 1 heteroatoms. The van der Waals surface area contributed by atoms with Gasteiger partial charge in [0.2, 0.25) is 0 Å². The normalized spacial score (nSPS) is 14.9. The first-order valence-electron chi connectivity index (χ1n) is 11.9. The van der Waals surface area contributed by atoms with Gasteiger partial charge in [0, 0.05) is 6.42 Å². The monoisotopic (exact) mass is 412 g/mol. The van der Waals surface area contributed by atoms with Crippen LogP contribution in [0.3, 0.4) is 0 Å². The average Bonchev–Trinajstić information content (AvgIpc) is 3.02. The van der Waals surface area contributed by atoms with Crippen LogP contribution in [-0.4, -0.2) is 11.2 Å². The topological polar surface area (TPSA) is 9.23 Å². The first-order valence-corrected chi connectivity index (χ1v) is 11.9. The van der Waals surface area contributed by atoms with E-state index in [9.17, 15) is 0 Å². The molecule has 1 heterocycles. The van der Waals surface area contributed by atoms with E-state index in [1.165, 1.54) is 22.3 Å². The molecular formula is C29H48O. The molecule has 1 aliphatic rings. The molecule has 170 valence electrons. The van der Waals surface area contributed by atoms with E-state index in [1.54, 1.807) is 0 Å². The van der Waals surface area contributed by atoms with E-state index in [2.05, 4.69) is 88.4 Å². The molecule has 0 saturated carbocycles. The fourth-order valence-corrected chi connectivity index (χ4v) is 3.54. The van der Waals surface area contributed by atoms with E-state index in [0.29, 0.717) is 0 Å². The summed E-state index contributed by atoms with van der Waals surface area (Å²) in [6.45, 7) is 24.7. The van der Waals surface area contributed by atoms with Crippen LogP contribution in [0.1, 0.15) is 101 Å². The van der Waals surface area contributed by atoms with Crippen LogP contribution in [0.2, 0.25) is 0 Å². The summed E-state index contributed by atoms with van der Waals surface area (Å²) in [6.07, 6.45) is 0.957. The van der Waals surface area contributed by atoms with E-state index >= 15 is 0 Å². The summed E-state index contributed by atoms with van der Waals surface area (Å²) in [7, 11) is 0. The van der Waals surface area contributed by atoms with Crippen LogP contribution in [-0.2, 0) is 4.74 Å². The van der Waals surface area contributed by atoms with Gasteiger partial charge in [0.05, 0.1) is 11.2 Å². The maximum atomic E-state index is 6.31. The molecule has 0 unspecified atom stereocenters. The Hall–Kier alpha value is -1.86. The molecule has 0 N–H and O–H groups in total. The quantitative estimate of drug-likeness (QED) is 0.477. The molecule has 2 aromatic carbocycles. The minimum absolute atomic E-state index is 0.117. The summed E-state index contributed by atoms with van der Waals surface area (Å²) in [5, 5.41) is 0. The summed E-state index contributed by atoms with van der Waals surface area (Å²) in [5.74, 6) is 0. The summed E-state index contributed by atoms with van der Waals surface area (Å²) in [5.41, 5.74) is 4.86. The first kappa shape index (κ1) is 30.3. The smallest absolute Gasteiger partial charge is 0.0853 e. The largest absolute Gasteiger partial charge is 0.365 e. The van der Waals surface area contributed by atoms with Gasteiger partial charge in [0.15, 0.2) is 0 Å². The van der Waals surface area contributed by atoms with Gasteiger partial charge in [-0.1, -0.05) is 116 Å². The van der Waals surface area contributed by atoms with Crippen molar-refractivity contribution in [2.45, 2.75) is 101 Å². The number of hydrogen-bond donors (Lipinski definition) is 0. The van der Waals surface area contributed by atoms with Gasteiger partial charge in [-0.2, -0.15) is 0 Å². The molecule has 0 amide bonds. The molecule has 0 atom stereocenters. The molecule has 30 heavy (non-hydrogen) atoms. The Morgan fingerprint density at radius 2 is 0.933 bits per heavy atom. The lowest BCUT2D eigenvalue weighted by Crippen LogP contribution is -2.26. The van der Waals surface area contributed by atoms with Crippen molar-refractivity contribution >= 4 is 5.57 Å². The molecule has 3 rings (SSSR count). The van der Waals surface area contributed by atoms with Crippen molar-refractivity contribution < 1.29 is 4.74 Å². The van der Waals surface area contributed by atoms with E-state index in [1.807, 2.05) is 55.4 Å². The lowest BCUT2D eigenvalue weighted by atomic mass is 9.83. The molecule has 0 spiro atoms. The second-order valence-corrected chi connectivity index (χ2v) is 7.13. The highest BCUT2D eigenvalue weighted by Gasteiger charge is 2.43. The Labute approximate surface area is 188 Å². The number of benzene rings is 2. The summed E-state index contributed by atoms with van der Waals surface area (Å²) < 4.78 is 6.31. The van der Waals surface area contributed by atoms with E-state index in [4.69, 9.17) is 4.74 Å². The van der Waals surface area contributed by atoms with Crippen LogP contribution >= 0.6 is 0 Å². The molecule has 0 aliphatic carbocycles. The molecule has 1 nitrogen and oxygen atoms in total. The number of rotatable bonds is 2. The van der Waals surface area contributed by atoms with Gasteiger partial charge in [0.25, 0.3) is 0 Å². The van der Waals surface area contributed by atoms with Gasteiger partial charge in [-0.15, -0.1) is 0 Å². The lowest BCUT2D eigenvalue weighted by molar-refractivity contribution is -0.0566. The predicted octanol–water partition coefficient (Wildman–Crippen LogP) is 9.57. The predicted molar refractivity (Wildman–Crippen MR) is 138 cm³/mol. The van der Waals surface area contributed by atoms with Gasteiger partial charge in [0.1, 0.15) is 0 Å². The molecule has 1 aliphatic heterocycles. The van der Waals surface area contributed by atoms with Crippen molar-refractivity contribution in [1.82, 2.24) is 0 Å². The molecule has 0 bridgehead atoms. The van der Waals surface area contributed by atoms with Crippen molar-refractivity contribution in [3.8, 4) is 0 Å². The Morgan fingerprint density at radius 3 is 1.20 bits per heavy atom. The van der Waals surface area contributed by atoms with Gasteiger partial charge in [-0.3, -0.25) is 0 Å². The van der Waals surface area contributed by atoms with Gasteiger partial charge in [-0.25, -0.2) is 0 Å².